The summed E-state index contributed by atoms with van der Waals surface area (Å²) in [6, 6.07) is 2.93. The molecule has 1 rings (SSSR count). The van der Waals surface area contributed by atoms with E-state index >= 15 is 0 Å². The van der Waals surface area contributed by atoms with Crippen LogP contribution in [0.3, 0.4) is 0 Å². The lowest BCUT2D eigenvalue weighted by atomic mass is 10.2. The van der Waals surface area contributed by atoms with Gasteiger partial charge in [0.25, 0.3) is 5.69 Å². The third-order valence-corrected chi connectivity index (χ3v) is 3.00. The maximum absolute atomic E-state index is 11.0. The first-order chi connectivity index (χ1) is 9.13. The number of nitro benzene ring substituents is 1. The Bertz CT molecular complexity index is 437. The molecule has 0 saturated carbocycles. The van der Waals surface area contributed by atoms with E-state index in [2.05, 4.69) is 6.92 Å². The number of nitrogens with zero attached hydrogens (tertiary/aromatic N) is 1. The summed E-state index contributed by atoms with van der Waals surface area (Å²) in [5.41, 5.74) is 0.380. The van der Waals surface area contributed by atoms with Crippen LogP contribution in [-0.2, 0) is 5.88 Å². The monoisotopic (exact) mass is 287 g/mol. The van der Waals surface area contributed by atoms with Gasteiger partial charge in [0.05, 0.1) is 30.6 Å². The molecular weight excluding hydrogens is 270 g/mol. The van der Waals surface area contributed by atoms with Gasteiger partial charge in [0.1, 0.15) is 0 Å². The van der Waals surface area contributed by atoms with Gasteiger partial charge < -0.3 is 9.47 Å². The van der Waals surface area contributed by atoms with Gasteiger partial charge in [-0.05, 0) is 12.5 Å². The number of methoxy groups -OCH3 is 1. The zero-order chi connectivity index (χ0) is 14.3. The quantitative estimate of drug-likeness (QED) is 0.315. The molecule has 0 amide bonds. The Kier molecular flexibility index (Phi) is 6.42. The van der Waals surface area contributed by atoms with Crippen LogP contribution in [0.25, 0.3) is 0 Å². The van der Waals surface area contributed by atoms with Crippen molar-refractivity contribution in [1.29, 1.82) is 0 Å². The highest BCUT2D eigenvalue weighted by atomic mass is 35.5. The molecule has 6 heteroatoms. The second kappa shape index (κ2) is 7.84. The van der Waals surface area contributed by atoms with Crippen molar-refractivity contribution in [3.05, 3.63) is 27.8 Å². The average Bonchev–Trinajstić information content (AvgIpc) is 2.42. The van der Waals surface area contributed by atoms with Crippen LogP contribution in [-0.4, -0.2) is 18.6 Å². The van der Waals surface area contributed by atoms with E-state index < -0.39 is 4.92 Å². The second-order valence-electron chi connectivity index (χ2n) is 4.08. The number of nitro groups is 1. The van der Waals surface area contributed by atoms with Crippen LogP contribution < -0.4 is 9.47 Å². The van der Waals surface area contributed by atoms with Gasteiger partial charge in [-0.2, -0.15) is 0 Å². The maximum Gasteiger partial charge on any atom is 0.277 e. The number of alkyl halides is 1. The van der Waals surface area contributed by atoms with Gasteiger partial charge in [-0.15, -0.1) is 11.6 Å². The molecule has 19 heavy (non-hydrogen) atoms. The lowest BCUT2D eigenvalue weighted by Gasteiger charge is -2.12. The number of ether oxygens (including phenoxy) is 2. The highest BCUT2D eigenvalue weighted by Crippen LogP contribution is 2.35. The summed E-state index contributed by atoms with van der Waals surface area (Å²) in [6.07, 6.45) is 3.06. The fourth-order valence-corrected chi connectivity index (χ4v) is 1.89. The molecular formula is C13H18ClNO4. The van der Waals surface area contributed by atoms with Crippen LogP contribution in [0.1, 0.15) is 31.7 Å². The van der Waals surface area contributed by atoms with Crippen LogP contribution in [0, 0.1) is 10.1 Å². The molecule has 0 fully saturated rings. The molecule has 0 aliphatic carbocycles. The molecule has 0 aliphatic heterocycles. The van der Waals surface area contributed by atoms with Crippen molar-refractivity contribution < 1.29 is 14.4 Å². The number of unbranched alkanes of at least 4 members (excludes halogenated alkanes) is 2. The van der Waals surface area contributed by atoms with Gasteiger partial charge in [-0.25, -0.2) is 0 Å². The fourth-order valence-electron chi connectivity index (χ4n) is 1.67. The van der Waals surface area contributed by atoms with Crippen molar-refractivity contribution in [1.82, 2.24) is 0 Å². The topological polar surface area (TPSA) is 61.6 Å². The van der Waals surface area contributed by atoms with Gasteiger partial charge in [0.15, 0.2) is 11.5 Å². The van der Waals surface area contributed by atoms with Gasteiger partial charge >= 0.3 is 0 Å². The van der Waals surface area contributed by atoms with E-state index in [1.54, 1.807) is 6.07 Å². The van der Waals surface area contributed by atoms with Gasteiger partial charge in [-0.3, -0.25) is 10.1 Å². The van der Waals surface area contributed by atoms with Gasteiger partial charge in [0.2, 0.25) is 0 Å². The van der Waals surface area contributed by atoms with Crippen molar-refractivity contribution in [3.8, 4) is 11.5 Å². The molecule has 0 heterocycles. The van der Waals surface area contributed by atoms with Gasteiger partial charge in [0, 0.05) is 5.56 Å². The van der Waals surface area contributed by atoms with E-state index in [4.69, 9.17) is 21.1 Å². The van der Waals surface area contributed by atoms with Crippen molar-refractivity contribution >= 4 is 17.3 Å². The minimum atomic E-state index is -0.462. The fraction of sp³-hybridized carbons (Fsp3) is 0.538. The Hall–Kier alpha value is -1.49. The smallest absolute Gasteiger partial charge is 0.277 e. The van der Waals surface area contributed by atoms with Crippen LogP contribution in [0.4, 0.5) is 5.69 Å². The van der Waals surface area contributed by atoms with Crippen molar-refractivity contribution in [2.45, 2.75) is 32.1 Å². The molecule has 0 saturated heterocycles. The molecule has 0 aromatic heterocycles. The van der Waals surface area contributed by atoms with E-state index in [0.717, 1.165) is 19.3 Å². The number of hydrogen-bond donors (Lipinski definition) is 0. The minimum absolute atomic E-state index is 0.0405. The minimum Gasteiger partial charge on any atom is -0.493 e. The predicted molar refractivity (Wildman–Crippen MR) is 74.2 cm³/mol. The first kappa shape index (κ1) is 15.6. The summed E-state index contributed by atoms with van der Waals surface area (Å²) >= 11 is 5.70. The summed E-state index contributed by atoms with van der Waals surface area (Å²) in [5.74, 6) is 0.917. The molecule has 0 spiro atoms. The van der Waals surface area contributed by atoms with Crippen LogP contribution >= 0.6 is 11.6 Å². The summed E-state index contributed by atoms with van der Waals surface area (Å²) in [6.45, 7) is 2.61. The van der Waals surface area contributed by atoms with E-state index in [1.807, 2.05) is 0 Å². The SMILES string of the molecule is CCCCCOc1cc([N+](=O)[O-])c(CCl)cc1OC. The Morgan fingerprint density at radius 1 is 1.32 bits per heavy atom. The van der Waals surface area contributed by atoms with Gasteiger partial charge in [-0.1, -0.05) is 19.8 Å². The molecule has 0 bridgehead atoms. The van der Waals surface area contributed by atoms with Crippen LogP contribution in [0.15, 0.2) is 12.1 Å². The molecule has 0 atom stereocenters. The van der Waals surface area contributed by atoms with E-state index in [9.17, 15) is 10.1 Å². The normalized spacial score (nSPS) is 10.3. The molecule has 0 unspecified atom stereocenters. The molecule has 1 aromatic rings. The molecule has 1 aromatic carbocycles. The third-order valence-electron chi connectivity index (χ3n) is 2.71. The number of halogens is 1. The van der Waals surface area contributed by atoms with Crippen molar-refractivity contribution in [2.24, 2.45) is 0 Å². The largest absolute Gasteiger partial charge is 0.493 e. The number of hydrogen-bond acceptors (Lipinski definition) is 4. The van der Waals surface area contributed by atoms with E-state index in [0.29, 0.717) is 23.7 Å². The Labute approximate surface area is 117 Å². The summed E-state index contributed by atoms with van der Waals surface area (Å²) < 4.78 is 10.7. The zero-order valence-electron chi connectivity index (χ0n) is 11.1. The second-order valence-corrected chi connectivity index (χ2v) is 4.35. The molecule has 0 radical (unpaired) electrons. The highest BCUT2D eigenvalue weighted by molar-refractivity contribution is 6.17. The first-order valence-electron chi connectivity index (χ1n) is 6.18. The first-order valence-corrected chi connectivity index (χ1v) is 6.71. The standard InChI is InChI=1S/C13H18ClNO4/c1-3-4-5-6-19-13-8-11(15(16)17)10(9-14)7-12(13)18-2/h7-8H,3-6,9H2,1-2H3. The molecule has 5 nitrogen and oxygen atoms in total. The Morgan fingerprint density at radius 2 is 2.05 bits per heavy atom. The van der Waals surface area contributed by atoms with Crippen molar-refractivity contribution in [3.63, 3.8) is 0 Å². The van der Waals surface area contributed by atoms with E-state index in [1.165, 1.54) is 13.2 Å². The van der Waals surface area contributed by atoms with E-state index in [-0.39, 0.29) is 11.6 Å². The Morgan fingerprint density at radius 3 is 2.58 bits per heavy atom. The lowest BCUT2D eigenvalue weighted by Crippen LogP contribution is -2.02. The Balaban J connectivity index is 2.94. The molecule has 0 N–H and O–H groups in total. The molecule has 106 valence electrons. The maximum atomic E-state index is 11.0. The van der Waals surface area contributed by atoms with Crippen LogP contribution in [0.2, 0.25) is 0 Å². The lowest BCUT2D eigenvalue weighted by molar-refractivity contribution is -0.385. The summed E-state index contributed by atoms with van der Waals surface area (Å²) in [5, 5.41) is 11.0. The van der Waals surface area contributed by atoms with Crippen molar-refractivity contribution in [2.75, 3.05) is 13.7 Å². The molecule has 0 aliphatic rings. The third kappa shape index (κ3) is 4.28. The van der Waals surface area contributed by atoms with Crippen LogP contribution in [0.5, 0.6) is 11.5 Å². The highest BCUT2D eigenvalue weighted by Gasteiger charge is 2.18. The average molecular weight is 288 g/mol. The summed E-state index contributed by atoms with van der Waals surface area (Å²) in [7, 11) is 1.50. The predicted octanol–water partition coefficient (Wildman–Crippen LogP) is 3.91. The number of rotatable bonds is 8. The summed E-state index contributed by atoms with van der Waals surface area (Å²) in [4.78, 5) is 10.5. The zero-order valence-corrected chi connectivity index (χ0v) is 11.9. The number of benzene rings is 1.